The Balaban J connectivity index is 2.57. The molecule has 1 rings (SSSR count). The van der Waals surface area contributed by atoms with Crippen molar-refractivity contribution in [3.05, 3.63) is 23.8 Å². The molecule has 1 unspecified atom stereocenters. The van der Waals surface area contributed by atoms with Crippen LogP contribution in [0.1, 0.15) is 32.8 Å². The summed E-state index contributed by atoms with van der Waals surface area (Å²) in [7, 11) is 1.55. The number of rotatable bonds is 9. The third-order valence-corrected chi connectivity index (χ3v) is 3.19. The second-order valence-electron chi connectivity index (χ2n) is 6.55. The number of hydrogen-bond acceptors (Lipinski definition) is 5. The van der Waals surface area contributed by atoms with E-state index in [1.165, 1.54) is 0 Å². The van der Waals surface area contributed by atoms with Crippen molar-refractivity contribution in [3.8, 4) is 11.5 Å². The lowest BCUT2D eigenvalue weighted by molar-refractivity contribution is -0.117. The van der Waals surface area contributed by atoms with Crippen LogP contribution in [0.5, 0.6) is 11.5 Å². The molecule has 6 nitrogen and oxygen atoms in total. The van der Waals surface area contributed by atoms with Crippen molar-refractivity contribution < 1.29 is 19.4 Å². The molecule has 0 aliphatic carbocycles. The summed E-state index contributed by atoms with van der Waals surface area (Å²) in [5.74, 6) is 0.798. The van der Waals surface area contributed by atoms with Gasteiger partial charge in [0.1, 0.15) is 12.7 Å². The minimum absolute atomic E-state index is 0.0548. The van der Waals surface area contributed by atoms with E-state index in [1.807, 2.05) is 32.9 Å². The number of carbonyl (C=O) groups is 1. The number of benzene rings is 1. The number of methoxy groups -OCH3 is 1. The molecule has 1 amide bonds. The first-order valence-corrected chi connectivity index (χ1v) is 7.72. The van der Waals surface area contributed by atoms with Crippen LogP contribution in [0.4, 0.5) is 0 Å². The standard InChI is InChI=1S/C17H28N2O4/c1-17(2,3)19-10-13(20)11-23-14-7-5-12(6-8-16(18)21)9-15(14)22-4/h5,7,9,13,19-20H,6,8,10-11H2,1-4H3,(H2,18,21). The minimum atomic E-state index is -0.617. The zero-order valence-electron chi connectivity index (χ0n) is 14.4. The van der Waals surface area contributed by atoms with E-state index in [0.29, 0.717) is 30.9 Å². The van der Waals surface area contributed by atoms with Crippen molar-refractivity contribution in [2.24, 2.45) is 5.73 Å². The summed E-state index contributed by atoms with van der Waals surface area (Å²) in [5.41, 5.74) is 6.04. The fraction of sp³-hybridized carbons (Fsp3) is 0.588. The maximum atomic E-state index is 10.8. The van der Waals surface area contributed by atoms with Crippen LogP contribution in [-0.2, 0) is 11.2 Å². The van der Waals surface area contributed by atoms with Crippen molar-refractivity contribution in [1.82, 2.24) is 5.32 Å². The Morgan fingerprint density at radius 1 is 1.35 bits per heavy atom. The summed E-state index contributed by atoms with van der Waals surface area (Å²) in [6, 6.07) is 5.46. The zero-order valence-corrected chi connectivity index (χ0v) is 14.4. The summed E-state index contributed by atoms with van der Waals surface area (Å²) in [5, 5.41) is 13.2. The van der Waals surface area contributed by atoms with Crippen LogP contribution in [0.3, 0.4) is 0 Å². The number of aliphatic hydroxyl groups excluding tert-OH is 1. The highest BCUT2D eigenvalue weighted by atomic mass is 16.5. The van der Waals surface area contributed by atoms with E-state index in [4.69, 9.17) is 15.2 Å². The highest BCUT2D eigenvalue weighted by Gasteiger charge is 2.14. The first kappa shape index (κ1) is 19.3. The molecule has 0 saturated heterocycles. The third-order valence-electron chi connectivity index (χ3n) is 3.19. The molecule has 1 atom stereocenters. The van der Waals surface area contributed by atoms with Crippen LogP contribution in [0.15, 0.2) is 18.2 Å². The van der Waals surface area contributed by atoms with E-state index < -0.39 is 6.10 Å². The van der Waals surface area contributed by atoms with Crippen molar-refractivity contribution in [2.45, 2.75) is 45.3 Å². The SMILES string of the molecule is COc1cc(CCC(N)=O)ccc1OCC(O)CNC(C)(C)C. The summed E-state index contributed by atoms with van der Waals surface area (Å²) in [4.78, 5) is 10.8. The molecule has 130 valence electrons. The molecule has 1 aromatic carbocycles. The predicted molar refractivity (Wildman–Crippen MR) is 89.8 cm³/mol. The number of amides is 1. The molecule has 1 aromatic rings. The molecule has 0 aliphatic heterocycles. The van der Waals surface area contributed by atoms with Gasteiger partial charge in [-0.05, 0) is 44.9 Å². The molecule has 0 heterocycles. The van der Waals surface area contributed by atoms with Crippen LogP contribution in [0.2, 0.25) is 0 Å². The number of aryl methyl sites for hydroxylation is 1. The lowest BCUT2D eigenvalue weighted by Crippen LogP contribution is -2.42. The molecule has 0 saturated carbocycles. The molecule has 0 radical (unpaired) electrons. The van der Waals surface area contributed by atoms with E-state index in [0.717, 1.165) is 5.56 Å². The van der Waals surface area contributed by atoms with Crippen LogP contribution in [0.25, 0.3) is 0 Å². The van der Waals surface area contributed by atoms with Crippen molar-refractivity contribution in [2.75, 3.05) is 20.3 Å². The molecule has 6 heteroatoms. The van der Waals surface area contributed by atoms with E-state index in [-0.39, 0.29) is 18.1 Å². The highest BCUT2D eigenvalue weighted by molar-refractivity contribution is 5.74. The molecular weight excluding hydrogens is 296 g/mol. The molecule has 0 bridgehead atoms. The Kier molecular flexibility index (Phi) is 7.32. The Morgan fingerprint density at radius 3 is 2.61 bits per heavy atom. The number of primary amides is 1. The van der Waals surface area contributed by atoms with E-state index >= 15 is 0 Å². The minimum Gasteiger partial charge on any atom is -0.493 e. The Morgan fingerprint density at radius 2 is 2.04 bits per heavy atom. The van der Waals surface area contributed by atoms with Crippen molar-refractivity contribution in [1.29, 1.82) is 0 Å². The largest absolute Gasteiger partial charge is 0.493 e. The van der Waals surface area contributed by atoms with Gasteiger partial charge in [-0.1, -0.05) is 6.07 Å². The molecule has 0 spiro atoms. The quantitative estimate of drug-likeness (QED) is 0.635. The normalized spacial score (nSPS) is 12.7. The van der Waals surface area contributed by atoms with Gasteiger partial charge in [-0.3, -0.25) is 4.79 Å². The number of hydrogen-bond donors (Lipinski definition) is 3. The van der Waals surface area contributed by atoms with Gasteiger partial charge >= 0.3 is 0 Å². The van der Waals surface area contributed by atoms with Crippen molar-refractivity contribution >= 4 is 5.91 Å². The number of ether oxygens (including phenoxy) is 2. The molecule has 0 fully saturated rings. The van der Waals surface area contributed by atoms with Gasteiger partial charge in [-0.25, -0.2) is 0 Å². The molecule has 4 N–H and O–H groups in total. The number of β-amino-alcohol motifs (C(OH)–C–C–N with tert-alkyl or cyclic N) is 1. The second kappa shape index (κ2) is 8.74. The first-order chi connectivity index (χ1) is 10.7. The fourth-order valence-corrected chi connectivity index (χ4v) is 1.92. The van der Waals surface area contributed by atoms with E-state index in [2.05, 4.69) is 5.32 Å². The summed E-state index contributed by atoms with van der Waals surface area (Å²) in [6.45, 7) is 6.72. The monoisotopic (exact) mass is 324 g/mol. The van der Waals surface area contributed by atoms with Gasteiger partial charge in [0.05, 0.1) is 7.11 Å². The first-order valence-electron chi connectivity index (χ1n) is 7.72. The molecule has 23 heavy (non-hydrogen) atoms. The third kappa shape index (κ3) is 7.85. The number of aliphatic hydroxyl groups is 1. The lowest BCUT2D eigenvalue weighted by atomic mass is 10.1. The number of nitrogens with one attached hydrogen (secondary N) is 1. The summed E-state index contributed by atoms with van der Waals surface area (Å²) >= 11 is 0. The smallest absolute Gasteiger partial charge is 0.217 e. The van der Waals surface area contributed by atoms with Gasteiger partial charge in [0.25, 0.3) is 0 Å². The Labute approximate surface area is 138 Å². The van der Waals surface area contributed by atoms with E-state index in [9.17, 15) is 9.90 Å². The molecular formula is C17H28N2O4. The Hall–Kier alpha value is -1.79. The number of carbonyl (C=O) groups excluding carboxylic acids is 1. The van der Waals surface area contributed by atoms with Crippen LogP contribution in [-0.4, -0.2) is 42.9 Å². The number of nitrogens with two attached hydrogens (primary N) is 1. The summed E-state index contributed by atoms with van der Waals surface area (Å²) < 4.78 is 10.9. The van der Waals surface area contributed by atoms with Gasteiger partial charge < -0.3 is 25.6 Å². The fourth-order valence-electron chi connectivity index (χ4n) is 1.92. The van der Waals surface area contributed by atoms with Crippen LogP contribution >= 0.6 is 0 Å². The second-order valence-corrected chi connectivity index (χ2v) is 6.55. The average molecular weight is 324 g/mol. The summed E-state index contributed by atoms with van der Waals surface area (Å²) in [6.07, 6.45) is 0.235. The Bertz CT molecular complexity index is 512. The maximum absolute atomic E-state index is 10.8. The highest BCUT2D eigenvalue weighted by Crippen LogP contribution is 2.28. The van der Waals surface area contributed by atoms with Crippen LogP contribution < -0.4 is 20.5 Å². The van der Waals surface area contributed by atoms with Gasteiger partial charge in [0, 0.05) is 18.5 Å². The van der Waals surface area contributed by atoms with Crippen molar-refractivity contribution in [3.63, 3.8) is 0 Å². The average Bonchev–Trinajstić information content (AvgIpc) is 2.48. The maximum Gasteiger partial charge on any atom is 0.217 e. The molecule has 0 aliphatic rings. The van der Waals surface area contributed by atoms with Crippen LogP contribution in [0, 0.1) is 0 Å². The van der Waals surface area contributed by atoms with Gasteiger partial charge in [-0.2, -0.15) is 0 Å². The zero-order chi connectivity index (χ0) is 17.5. The predicted octanol–water partition coefficient (Wildman–Crippen LogP) is 1.24. The van der Waals surface area contributed by atoms with Gasteiger partial charge in [0.15, 0.2) is 11.5 Å². The van der Waals surface area contributed by atoms with E-state index in [1.54, 1.807) is 13.2 Å². The molecule has 0 aromatic heterocycles. The van der Waals surface area contributed by atoms with Gasteiger partial charge in [-0.15, -0.1) is 0 Å². The van der Waals surface area contributed by atoms with Gasteiger partial charge in [0.2, 0.25) is 5.91 Å². The lowest BCUT2D eigenvalue weighted by Gasteiger charge is -2.23. The topological polar surface area (TPSA) is 93.8 Å².